The van der Waals surface area contributed by atoms with Crippen LogP contribution in [0.1, 0.15) is 51.5 Å². The quantitative estimate of drug-likeness (QED) is 0.297. The number of hydrogen-bond acceptors (Lipinski definition) is 8. The van der Waals surface area contributed by atoms with Gasteiger partial charge in [-0.05, 0) is 37.2 Å². The van der Waals surface area contributed by atoms with Crippen LogP contribution in [-0.4, -0.2) is 88.1 Å². The first-order chi connectivity index (χ1) is 19.6. The molecule has 2 aliphatic heterocycles. The summed E-state index contributed by atoms with van der Waals surface area (Å²) in [6.07, 6.45) is 7.48. The maximum Gasteiger partial charge on any atom is 0.247 e. The van der Waals surface area contributed by atoms with Crippen LogP contribution in [0.2, 0.25) is 0 Å². The maximum absolute atomic E-state index is 13.8. The third-order valence-electron chi connectivity index (χ3n) is 7.17. The molecule has 41 heavy (non-hydrogen) atoms. The molecule has 2 fully saturated rings. The molecule has 0 aromatic heterocycles. The number of nitrogens with zero attached hydrogens (tertiary/aromatic N) is 2. The Kier molecular flexibility index (Phi) is 13.7. The van der Waals surface area contributed by atoms with E-state index in [2.05, 4.69) is 15.8 Å². The summed E-state index contributed by atoms with van der Waals surface area (Å²) in [5.74, 6) is -2.51. The molecule has 11 nitrogen and oxygen atoms in total. The molecule has 3 atom stereocenters. The molecule has 230 valence electrons. The fourth-order valence-corrected chi connectivity index (χ4v) is 5.57. The average molecular weight is 595 g/mol. The van der Waals surface area contributed by atoms with Crippen LogP contribution in [-0.2, 0) is 33.9 Å². The van der Waals surface area contributed by atoms with Crippen molar-refractivity contribution in [3.63, 3.8) is 0 Å². The molecule has 2 amide bonds. The van der Waals surface area contributed by atoms with Gasteiger partial charge < -0.3 is 9.47 Å². The maximum atomic E-state index is 13.8. The number of sulfonamides is 1. The molecule has 2 saturated heterocycles. The Hall–Kier alpha value is -2.35. The van der Waals surface area contributed by atoms with Crippen molar-refractivity contribution in [3.05, 3.63) is 42.0 Å². The highest BCUT2D eigenvalue weighted by molar-refractivity contribution is 7.88. The summed E-state index contributed by atoms with van der Waals surface area (Å²) in [4.78, 5) is 34.9. The van der Waals surface area contributed by atoms with Crippen LogP contribution < -0.4 is 10.9 Å². The molecule has 2 N–H and O–H groups in total. The van der Waals surface area contributed by atoms with Crippen LogP contribution in [0.4, 0.5) is 0 Å². The number of rotatable bonds is 15. The molecule has 2 heterocycles. The van der Waals surface area contributed by atoms with Gasteiger partial charge in [-0.15, -0.1) is 4.41 Å². The lowest BCUT2D eigenvalue weighted by molar-refractivity contribution is -0.203. The molecule has 1 aromatic rings. The first kappa shape index (κ1) is 33.2. The van der Waals surface area contributed by atoms with Gasteiger partial charge in [0.25, 0.3) is 0 Å². The van der Waals surface area contributed by atoms with Crippen LogP contribution in [0.15, 0.2) is 36.4 Å². The lowest BCUT2D eigenvalue weighted by Crippen LogP contribution is -2.53. The Morgan fingerprint density at radius 2 is 1.83 bits per heavy atom. The van der Waals surface area contributed by atoms with Gasteiger partial charge in [0.05, 0.1) is 31.3 Å². The van der Waals surface area contributed by atoms with Gasteiger partial charge in [-0.1, -0.05) is 56.3 Å². The Balaban J connectivity index is 1.77. The van der Waals surface area contributed by atoms with Gasteiger partial charge >= 0.3 is 0 Å². The predicted octanol–water partition coefficient (Wildman–Crippen LogP) is 2.57. The number of morpholine rings is 1. The van der Waals surface area contributed by atoms with E-state index in [1.165, 1.54) is 0 Å². The highest BCUT2D eigenvalue weighted by Gasteiger charge is 2.36. The molecule has 1 aromatic carbocycles. The molecule has 0 aliphatic carbocycles. The van der Waals surface area contributed by atoms with Gasteiger partial charge in [0, 0.05) is 39.2 Å². The van der Waals surface area contributed by atoms with Gasteiger partial charge in [0.1, 0.15) is 0 Å². The molecular weight excluding hydrogens is 548 g/mol. The molecule has 12 heteroatoms. The largest absolute Gasteiger partial charge is 0.379 e. The van der Waals surface area contributed by atoms with Crippen molar-refractivity contribution in [2.24, 2.45) is 17.8 Å². The lowest BCUT2D eigenvalue weighted by Gasteiger charge is -2.31. The summed E-state index contributed by atoms with van der Waals surface area (Å²) in [5.41, 5.74) is 6.13. The van der Waals surface area contributed by atoms with Crippen molar-refractivity contribution in [2.45, 2.75) is 52.2 Å². The van der Waals surface area contributed by atoms with Gasteiger partial charge in [-0.25, -0.2) is 18.7 Å². The van der Waals surface area contributed by atoms with Crippen LogP contribution in [0, 0.1) is 17.8 Å². The third kappa shape index (κ3) is 11.8. The van der Waals surface area contributed by atoms with Crippen molar-refractivity contribution >= 4 is 27.9 Å². The van der Waals surface area contributed by atoms with Crippen molar-refractivity contribution in [3.8, 4) is 0 Å². The Morgan fingerprint density at radius 1 is 1.10 bits per heavy atom. The Morgan fingerprint density at radius 3 is 2.46 bits per heavy atom. The van der Waals surface area contributed by atoms with Gasteiger partial charge in [-0.2, -0.15) is 0 Å². The van der Waals surface area contributed by atoms with E-state index in [-0.39, 0.29) is 18.9 Å². The van der Waals surface area contributed by atoms with E-state index < -0.39 is 40.0 Å². The normalized spacial score (nSPS) is 20.3. The minimum Gasteiger partial charge on any atom is -0.379 e. The minimum atomic E-state index is -3.76. The molecule has 0 bridgehead atoms. The summed E-state index contributed by atoms with van der Waals surface area (Å²) < 4.78 is 37.2. The molecule has 2 aliphatic rings. The molecule has 0 spiro atoms. The topological polar surface area (TPSA) is 127 Å². The van der Waals surface area contributed by atoms with E-state index in [1.807, 2.05) is 56.3 Å². The average Bonchev–Trinajstić information content (AvgIpc) is 2.96. The van der Waals surface area contributed by atoms with E-state index in [9.17, 15) is 18.0 Å². The number of ether oxygens (including phenoxy) is 2. The van der Waals surface area contributed by atoms with Gasteiger partial charge in [-0.3, -0.25) is 19.9 Å². The zero-order valence-electron chi connectivity index (χ0n) is 24.5. The first-order valence-electron chi connectivity index (χ1n) is 14.5. The van der Waals surface area contributed by atoms with E-state index in [1.54, 1.807) is 0 Å². The number of hydroxylamine groups is 1. The van der Waals surface area contributed by atoms with Crippen LogP contribution >= 0.6 is 0 Å². The fraction of sp³-hybridized carbons (Fsp3) is 0.655. The SMILES string of the molecule is CC(C)C[C@@H](C(=O)NN(CCN1CCOCC1)S(C)(=O)=O)[C@H](CC=Cc1ccccc1)C(=O)NOC1CCCCO1. The number of benzene rings is 1. The Labute approximate surface area is 244 Å². The van der Waals surface area contributed by atoms with Gasteiger partial charge in [0.15, 0.2) is 6.29 Å². The van der Waals surface area contributed by atoms with Gasteiger partial charge in [0.2, 0.25) is 21.8 Å². The number of hydrazine groups is 1. The zero-order valence-corrected chi connectivity index (χ0v) is 25.3. The first-order valence-corrected chi connectivity index (χ1v) is 16.4. The summed E-state index contributed by atoms with van der Waals surface area (Å²) in [6.45, 7) is 7.60. The van der Waals surface area contributed by atoms with Crippen molar-refractivity contribution in [2.75, 3.05) is 52.3 Å². The van der Waals surface area contributed by atoms with E-state index in [4.69, 9.17) is 14.3 Å². The van der Waals surface area contributed by atoms with Crippen LogP contribution in [0.3, 0.4) is 0 Å². The molecular formula is C29H46N4O7S. The highest BCUT2D eigenvalue weighted by Crippen LogP contribution is 2.26. The molecule has 0 radical (unpaired) electrons. The third-order valence-corrected chi connectivity index (χ3v) is 8.25. The standard InChI is InChI=1S/C29H46N4O7S/c1-23(2)22-26(28(34)30-33(41(3,36)37)16-15-32-17-20-38-21-18-32)25(13-9-12-24-10-5-4-6-11-24)29(35)31-40-27-14-7-8-19-39-27/h4-6,9-12,23,25-27H,7-8,13-22H2,1-3H3,(H,30,34)(H,31,35)/t25-,26+,27?/m0/s1. The number of hydrogen-bond donors (Lipinski definition) is 2. The number of carbonyl (C=O) groups excluding carboxylic acids is 2. The zero-order chi connectivity index (χ0) is 29.7. The molecule has 3 rings (SSSR count). The monoisotopic (exact) mass is 594 g/mol. The minimum absolute atomic E-state index is 0.0711. The number of amides is 2. The predicted molar refractivity (Wildman–Crippen MR) is 156 cm³/mol. The van der Waals surface area contributed by atoms with Crippen molar-refractivity contribution in [1.82, 2.24) is 20.2 Å². The van der Waals surface area contributed by atoms with Crippen LogP contribution in [0.25, 0.3) is 6.08 Å². The summed E-state index contributed by atoms with van der Waals surface area (Å²) in [5, 5.41) is 0. The lowest BCUT2D eigenvalue weighted by atomic mass is 9.82. The molecule has 0 saturated carbocycles. The van der Waals surface area contributed by atoms with E-state index in [0.717, 1.165) is 29.1 Å². The van der Waals surface area contributed by atoms with E-state index in [0.29, 0.717) is 52.3 Å². The molecule has 1 unspecified atom stereocenters. The number of nitrogens with one attached hydrogen (secondary N) is 2. The number of carbonyl (C=O) groups is 2. The summed E-state index contributed by atoms with van der Waals surface area (Å²) in [7, 11) is -3.76. The second-order valence-electron chi connectivity index (χ2n) is 11.0. The number of allylic oxidation sites excluding steroid dienone is 1. The van der Waals surface area contributed by atoms with Crippen LogP contribution in [0.5, 0.6) is 0 Å². The smallest absolute Gasteiger partial charge is 0.247 e. The second-order valence-corrected chi connectivity index (χ2v) is 12.9. The fourth-order valence-electron chi connectivity index (χ4n) is 4.90. The van der Waals surface area contributed by atoms with E-state index >= 15 is 0 Å². The highest BCUT2D eigenvalue weighted by atomic mass is 32.2. The van der Waals surface area contributed by atoms with Crippen molar-refractivity contribution < 1.29 is 32.3 Å². The second kappa shape index (κ2) is 16.9. The van der Waals surface area contributed by atoms with Crippen molar-refractivity contribution in [1.29, 1.82) is 0 Å². The Bertz CT molecular complexity index is 1070. The summed E-state index contributed by atoms with van der Waals surface area (Å²) >= 11 is 0. The summed E-state index contributed by atoms with van der Waals surface area (Å²) in [6, 6.07) is 9.67.